The van der Waals surface area contributed by atoms with Crippen molar-refractivity contribution in [2.24, 2.45) is 5.14 Å². The van der Waals surface area contributed by atoms with E-state index in [2.05, 4.69) is 4.74 Å². The van der Waals surface area contributed by atoms with E-state index in [1.807, 2.05) is 0 Å². The second-order valence-corrected chi connectivity index (χ2v) is 4.55. The van der Waals surface area contributed by atoms with Gasteiger partial charge in [-0.3, -0.25) is 0 Å². The highest BCUT2D eigenvalue weighted by Gasteiger charge is 2.12. The quantitative estimate of drug-likeness (QED) is 0.879. The number of rotatable bonds is 4. The predicted octanol–water partition coefficient (Wildman–Crippen LogP) is 1.22. The first-order valence-corrected chi connectivity index (χ1v) is 5.73. The Labute approximate surface area is 89.9 Å². The number of halogens is 3. The molecule has 1 aromatic rings. The Hall–Kier alpha value is -1.28. The molecule has 8 heteroatoms. The van der Waals surface area contributed by atoms with E-state index < -0.39 is 28.2 Å². The first-order valence-electron chi connectivity index (χ1n) is 4.01. The van der Waals surface area contributed by atoms with Gasteiger partial charge in [0.05, 0.1) is 5.75 Å². The molecular weight excluding hydrogens is 247 g/mol. The van der Waals surface area contributed by atoms with E-state index in [1.54, 1.807) is 0 Å². The first kappa shape index (κ1) is 12.8. The number of benzene rings is 1. The van der Waals surface area contributed by atoms with Crippen molar-refractivity contribution in [1.82, 2.24) is 0 Å². The van der Waals surface area contributed by atoms with E-state index in [9.17, 15) is 21.6 Å². The molecule has 0 fully saturated rings. The highest BCUT2D eigenvalue weighted by atomic mass is 32.2. The number of ether oxygens (including phenoxy) is 1. The zero-order chi connectivity index (χ0) is 12.3. The van der Waals surface area contributed by atoms with Gasteiger partial charge in [-0.15, -0.1) is 0 Å². The van der Waals surface area contributed by atoms with Crippen molar-refractivity contribution < 1.29 is 26.3 Å². The lowest BCUT2D eigenvalue weighted by Crippen LogP contribution is -2.15. The van der Waals surface area contributed by atoms with Gasteiger partial charge in [0.25, 0.3) is 0 Å². The van der Waals surface area contributed by atoms with Crippen LogP contribution in [0.2, 0.25) is 0 Å². The molecule has 1 rings (SSSR count). The SMILES string of the molecule is NS(=O)(=O)Cc1ccc(OC(F)F)cc1F. The number of nitrogens with two attached hydrogens (primary N) is 1. The minimum absolute atomic E-state index is 0.205. The third-order valence-electron chi connectivity index (χ3n) is 1.61. The minimum Gasteiger partial charge on any atom is -0.435 e. The Balaban J connectivity index is 2.92. The zero-order valence-corrected chi connectivity index (χ0v) is 8.68. The van der Waals surface area contributed by atoms with Crippen LogP contribution in [-0.2, 0) is 15.8 Å². The molecule has 0 atom stereocenters. The van der Waals surface area contributed by atoms with Crippen LogP contribution in [0.25, 0.3) is 0 Å². The van der Waals surface area contributed by atoms with Crippen LogP contribution >= 0.6 is 0 Å². The number of sulfonamides is 1. The Morgan fingerprint density at radius 2 is 2.00 bits per heavy atom. The lowest BCUT2D eigenvalue weighted by molar-refractivity contribution is -0.0500. The lowest BCUT2D eigenvalue weighted by atomic mass is 10.2. The molecule has 0 aromatic heterocycles. The van der Waals surface area contributed by atoms with Crippen LogP contribution in [0.15, 0.2) is 18.2 Å². The van der Waals surface area contributed by atoms with Crippen molar-refractivity contribution in [3.8, 4) is 5.75 Å². The van der Waals surface area contributed by atoms with Gasteiger partial charge in [0, 0.05) is 11.6 Å². The van der Waals surface area contributed by atoms with E-state index in [0.29, 0.717) is 6.07 Å². The van der Waals surface area contributed by atoms with Gasteiger partial charge < -0.3 is 4.74 Å². The summed E-state index contributed by atoms with van der Waals surface area (Å²) in [5, 5.41) is 4.71. The Bertz CT molecular complexity index is 475. The maximum Gasteiger partial charge on any atom is 0.387 e. The van der Waals surface area contributed by atoms with Crippen molar-refractivity contribution in [3.05, 3.63) is 29.6 Å². The van der Waals surface area contributed by atoms with Crippen LogP contribution in [0.4, 0.5) is 13.2 Å². The third-order valence-corrected chi connectivity index (χ3v) is 2.32. The lowest BCUT2D eigenvalue weighted by Gasteiger charge is -2.06. The summed E-state index contributed by atoms with van der Waals surface area (Å²) < 4.78 is 62.0. The molecule has 0 spiro atoms. The highest BCUT2D eigenvalue weighted by Crippen LogP contribution is 2.19. The average molecular weight is 255 g/mol. The summed E-state index contributed by atoms with van der Waals surface area (Å²) in [6, 6.07) is 2.74. The fourth-order valence-electron chi connectivity index (χ4n) is 1.04. The predicted molar refractivity (Wildman–Crippen MR) is 49.8 cm³/mol. The molecule has 0 heterocycles. The second kappa shape index (κ2) is 4.71. The van der Waals surface area contributed by atoms with Crippen LogP contribution in [0, 0.1) is 5.82 Å². The van der Waals surface area contributed by atoms with Crippen molar-refractivity contribution in [1.29, 1.82) is 0 Å². The maximum atomic E-state index is 13.2. The van der Waals surface area contributed by atoms with Crippen molar-refractivity contribution in [2.45, 2.75) is 12.4 Å². The second-order valence-electron chi connectivity index (χ2n) is 2.94. The fraction of sp³-hybridized carbons (Fsp3) is 0.250. The van der Waals surface area contributed by atoms with Gasteiger partial charge in [0.2, 0.25) is 10.0 Å². The molecular formula is C8H8F3NO3S. The molecule has 0 aliphatic carbocycles. The van der Waals surface area contributed by atoms with Gasteiger partial charge in [-0.2, -0.15) is 8.78 Å². The van der Waals surface area contributed by atoms with Crippen LogP contribution in [0.5, 0.6) is 5.75 Å². The molecule has 4 nitrogen and oxygen atoms in total. The van der Waals surface area contributed by atoms with Gasteiger partial charge in [0.15, 0.2) is 0 Å². The Kier molecular flexibility index (Phi) is 3.76. The molecule has 0 saturated heterocycles. The highest BCUT2D eigenvalue weighted by molar-refractivity contribution is 7.88. The Morgan fingerprint density at radius 1 is 1.38 bits per heavy atom. The van der Waals surface area contributed by atoms with Crippen molar-refractivity contribution >= 4 is 10.0 Å². The summed E-state index contributed by atoms with van der Waals surface area (Å²) in [5.74, 6) is -2.05. The van der Waals surface area contributed by atoms with E-state index in [1.165, 1.54) is 0 Å². The summed E-state index contributed by atoms with van der Waals surface area (Å²) >= 11 is 0. The molecule has 0 bridgehead atoms. The third kappa shape index (κ3) is 4.07. The molecule has 0 unspecified atom stereocenters. The van der Waals surface area contributed by atoms with E-state index >= 15 is 0 Å². The Morgan fingerprint density at radius 3 is 2.44 bits per heavy atom. The molecule has 0 saturated carbocycles. The number of hydrogen-bond acceptors (Lipinski definition) is 3. The number of hydrogen-bond donors (Lipinski definition) is 1. The standard InChI is InChI=1S/C8H8F3NO3S/c9-7-3-6(15-8(10)11)2-1-5(7)4-16(12,13)14/h1-3,8H,4H2,(H2,12,13,14). The van der Waals surface area contributed by atoms with Crippen LogP contribution in [-0.4, -0.2) is 15.0 Å². The van der Waals surface area contributed by atoms with E-state index in [-0.39, 0.29) is 11.3 Å². The smallest absolute Gasteiger partial charge is 0.387 e. The average Bonchev–Trinajstić information content (AvgIpc) is 2.06. The number of primary sulfonamides is 1. The summed E-state index contributed by atoms with van der Waals surface area (Å²) in [5.41, 5.74) is -0.205. The summed E-state index contributed by atoms with van der Waals surface area (Å²) in [6.45, 7) is -3.07. The van der Waals surface area contributed by atoms with Gasteiger partial charge >= 0.3 is 6.61 Å². The van der Waals surface area contributed by atoms with E-state index in [4.69, 9.17) is 5.14 Å². The molecule has 0 amide bonds. The van der Waals surface area contributed by atoms with Crippen LogP contribution in [0.1, 0.15) is 5.56 Å². The van der Waals surface area contributed by atoms with Gasteiger partial charge in [0.1, 0.15) is 11.6 Å². The van der Waals surface area contributed by atoms with Crippen LogP contribution < -0.4 is 9.88 Å². The monoisotopic (exact) mass is 255 g/mol. The molecule has 90 valence electrons. The van der Waals surface area contributed by atoms with Crippen LogP contribution in [0.3, 0.4) is 0 Å². The molecule has 0 aliphatic rings. The molecule has 1 aromatic carbocycles. The molecule has 0 radical (unpaired) electrons. The molecule has 0 aliphatic heterocycles. The summed E-state index contributed by atoms with van der Waals surface area (Å²) in [4.78, 5) is 0. The van der Waals surface area contributed by atoms with E-state index in [0.717, 1.165) is 12.1 Å². The largest absolute Gasteiger partial charge is 0.435 e. The minimum atomic E-state index is -3.86. The first-order chi connectivity index (χ1) is 7.28. The van der Waals surface area contributed by atoms with Crippen molar-refractivity contribution in [3.63, 3.8) is 0 Å². The fourth-order valence-corrected chi connectivity index (χ4v) is 1.71. The topological polar surface area (TPSA) is 69.4 Å². The summed E-state index contributed by atoms with van der Waals surface area (Å²) in [6.07, 6.45) is 0. The van der Waals surface area contributed by atoms with Gasteiger partial charge in [-0.1, -0.05) is 6.07 Å². The molecule has 2 N–H and O–H groups in total. The number of alkyl halides is 2. The molecule has 16 heavy (non-hydrogen) atoms. The normalized spacial score (nSPS) is 11.8. The van der Waals surface area contributed by atoms with Crippen molar-refractivity contribution in [2.75, 3.05) is 0 Å². The van der Waals surface area contributed by atoms with Gasteiger partial charge in [-0.25, -0.2) is 17.9 Å². The maximum absolute atomic E-state index is 13.2. The summed E-state index contributed by atoms with van der Waals surface area (Å²) in [7, 11) is -3.86. The zero-order valence-electron chi connectivity index (χ0n) is 7.86. The van der Waals surface area contributed by atoms with Gasteiger partial charge in [-0.05, 0) is 6.07 Å².